The molecular formula is C12H21NO. The van der Waals surface area contributed by atoms with Crippen molar-refractivity contribution in [2.75, 3.05) is 6.54 Å². The third kappa shape index (κ3) is 2.95. The molecule has 0 aromatic rings. The third-order valence-electron chi connectivity index (χ3n) is 3.06. The first-order valence-corrected chi connectivity index (χ1v) is 5.53. The summed E-state index contributed by atoms with van der Waals surface area (Å²) in [4.78, 5) is 13.5. The smallest absolute Gasteiger partial charge is 0.131 e. The van der Waals surface area contributed by atoms with Gasteiger partial charge in [0.2, 0.25) is 0 Å². The highest BCUT2D eigenvalue weighted by Gasteiger charge is 2.25. The van der Waals surface area contributed by atoms with Crippen molar-refractivity contribution in [1.29, 1.82) is 0 Å². The Balaban J connectivity index is 2.58. The first kappa shape index (κ1) is 11.4. The zero-order valence-corrected chi connectivity index (χ0v) is 9.33. The first-order valence-electron chi connectivity index (χ1n) is 5.53. The first-order chi connectivity index (χ1) is 6.65. The second kappa shape index (κ2) is 5.30. The minimum atomic E-state index is 0.304. The van der Waals surface area contributed by atoms with E-state index in [0.29, 0.717) is 24.3 Å². The number of carbonyl (C=O) groups excluding carboxylic acids is 1. The van der Waals surface area contributed by atoms with E-state index in [1.807, 2.05) is 6.08 Å². The number of hydrogen-bond acceptors (Lipinski definition) is 2. The van der Waals surface area contributed by atoms with Crippen molar-refractivity contribution >= 4 is 5.78 Å². The molecule has 0 saturated carbocycles. The number of likely N-dealkylation sites (tertiary alicyclic amines) is 1. The fourth-order valence-electron chi connectivity index (χ4n) is 2.25. The van der Waals surface area contributed by atoms with Gasteiger partial charge in [-0.15, -0.1) is 6.58 Å². The van der Waals surface area contributed by atoms with E-state index in [-0.39, 0.29) is 0 Å². The van der Waals surface area contributed by atoms with Gasteiger partial charge in [-0.25, -0.2) is 0 Å². The predicted octanol–water partition coefficient (Wildman–Crippen LogP) is 2.39. The lowest BCUT2D eigenvalue weighted by Crippen LogP contribution is -2.45. The largest absolute Gasteiger partial charge is 0.300 e. The zero-order valence-electron chi connectivity index (χ0n) is 9.33. The normalized spacial score (nSPS) is 25.7. The maximum atomic E-state index is 11.1. The van der Waals surface area contributed by atoms with E-state index in [9.17, 15) is 4.79 Å². The standard InChI is InChI=1S/C12H21NO/c1-4-10(2)13-8-6-5-7-12(13)9-11(3)14/h4,10,12H,1,5-9H2,2-3H3. The maximum absolute atomic E-state index is 11.1. The van der Waals surface area contributed by atoms with Gasteiger partial charge < -0.3 is 0 Å². The molecule has 14 heavy (non-hydrogen) atoms. The summed E-state index contributed by atoms with van der Waals surface area (Å²) in [6.45, 7) is 8.78. The van der Waals surface area contributed by atoms with Crippen LogP contribution < -0.4 is 0 Å². The second-order valence-electron chi connectivity index (χ2n) is 4.27. The van der Waals surface area contributed by atoms with Crippen LogP contribution in [0.1, 0.15) is 39.5 Å². The molecule has 0 N–H and O–H groups in total. The van der Waals surface area contributed by atoms with Crippen LogP contribution in [0.2, 0.25) is 0 Å². The lowest BCUT2D eigenvalue weighted by molar-refractivity contribution is -0.118. The lowest BCUT2D eigenvalue weighted by Gasteiger charge is -2.38. The Morgan fingerprint density at radius 3 is 2.93 bits per heavy atom. The molecule has 1 aliphatic heterocycles. The van der Waals surface area contributed by atoms with Crippen molar-refractivity contribution in [3.05, 3.63) is 12.7 Å². The number of ketones is 1. The van der Waals surface area contributed by atoms with Gasteiger partial charge in [0, 0.05) is 18.5 Å². The van der Waals surface area contributed by atoms with Crippen molar-refractivity contribution in [3.63, 3.8) is 0 Å². The molecule has 1 heterocycles. The van der Waals surface area contributed by atoms with Gasteiger partial charge in [-0.05, 0) is 33.2 Å². The van der Waals surface area contributed by atoms with E-state index in [1.54, 1.807) is 6.92 Å². The Bertz CT molecular complexity index is 212. The minimum absolute atomic E-state index is 0.304. The lowest BCUT2D eigenvalue weighted by atomic mass is 9.96. The van der Waals surface area contributed by atoms with Crippen molar-refractivity contribution in [2.24, 2.45) is 0 Å². The molecular weight excluding hydrogens is 174 g/mol. The van der Waals surface area contributed by atoms with Crippen LogP contribution in [0.5, 0.6) is 0 Å². The van der Waals surface area contributed by atoms with Crippen LogP contribution in [-0.4, -0.2) is 29.3 Å². The quantitative estimate of drug-likeness (QED) is 0.642. The van der Waals surface area contributed by atoms with Crippen molar-refractivity contribution < 1.29 is 4.79 Å². The van der Waals surface area contributed by atoms with Crippen molar-refractivity contribution in [2.45, 2.75) is 51.6 Å². The molecule has 0 aromatic heterocycles. The third-order valence-corrected chi connectivity index (χ3v) is 3.06. The molecule has 0 radical (unpaired) electrons. The summed E-state index contributed by atoms with van der Waals surface area (Å²) in [5.74, 6) is 0.304. The molecule has 2 nitrogen and oxygen atoms in total. The molecule has 0 aliphatic carbocycles. The molecule has 1 aliphatic rings. The number of nitrogens with zero attached hydrogens (tertiary/aromatic N) is 1. The summed E-state index contributed by atoms with van der Waals surface area (Å²) in [5, 5.41) is 0. The Hall–Kier alpha value is -0.630. The van der Waals surface area contributed by atoms with E-state index in [4.69, 9.17) is 0 Å². The van der Waals surface area contributed by atoms with Gasteiger partial charge in [-0.3, -0.25) is 9.69 Å². The SMILES string of the molecule is C=CC(C)N1CCCCC1CC(C)=O. The molecule has 80 valence electrons. The summed E-state index contributed by atoms with van der Waals surface area (Å²) in [7, 11) is 0. The molecule has 0 amide bonds. The van der Waals surface area contributed by atoms with E-state index >= 15 is 0 Å². The van der Waals surface area contributed by atoms with Crippen LogP contribution in [-0.2, 0) is 4.79 Å². The van der Waals surface area contributed by atoms with Gasteiger partial charge in [0.15, 0.2) is 0 Å². The molecule has 0 bridgehead atoms. The van der Waals surface area contributed by atoms with Gasteiger partial charge in [-0.1, -0.05) is 12.5 Å². The molecule has 0 aromatic carbocycles. The topological polar surface area (TPSA) is 20.3 Å². The number of piperidine rings is 1. The molecule has 0 spiro atoms. The van der Waals surface area contributed by atoms with Crippen LogP contribution in [0, 0.1) is 0 Å². The Morgan fingerprint density at radius 2 is 2.36 bits per heavy atom. The Labute approximate surface area is 87.0 Å². The average molecular weight is 195 g/mol. The van der Waals surface area contributed by atoms with Crippen LogP contribution in [0.4, 0.5) is 0 Å². The summed E-state index contributed by atoms with van der Waals surface area (Å²) in [6.07, 6.45) is 6.36. The van der Waals surface area contributed by atoms with Crippen LogP contribution >= 0.6 is 0 Å². The summed E-state index contributed by atoms with van der Waals surface area (Å²) < 4.78 is 0. The highest BCUT2D eigenvalue weighted by atomic mass is 16.1. The van der Waals surface area contributed by atoms with E-state index in [0.717, 1.165) is 13.0 Å². The molecule has 1 rings (SSSR count). The predicted molar refractivity (Wildman–Crippen MR) is 59.3 cm³/mol. The van der Waals surface area contributed by atoms with E-state index in [1.165, 1.54) is 12.8 Å². The van der Waals surface area contributed by atoms with E-state index < -0.39 is 0 Å². The number of carbonyl (C=O) groups is 1. The van der Waals surface area contributed by atoms with Crippen molar-refractivity contribution in [3.8, 4) is 0 Å². The maximum Gasteiger partial charge on any atom is 0.131 e. The van der Waals surface area contributed by atoms with Crippen LogP contribution in [0.3, 0.4) is 0 Å². The number of hydrogen-bond donors (Lipinski definition) is 0. The van der Waals surface area contributed by atoms with Gasteiger partial charge in [0.05, 0.1) is 0 Å². The highest BCUT2D eigenvalue weighted by molar-refractivity contribution is 5.76. The average Bonchev–Trinajstić information content (AvgIpc) is 2.16. The Morgan fingerprint density at radius 1 is 1.64 bits per heavy atom. The van der Waals surface area contributed by atoms with Gasteiger partial charge in [0.1, 0.15) is 5.78 Å². The zero-order chi connectivity index (χ0) is 10.6. The molecule has 2 unspecified atom stereocenters. The van der Waals surface area contributed by atoms with Gasteiger partial charge in [-0.2, -0.15) is 0 Å². The fourth-order valence-corrected chi connectivity index (χ4v) is 2.25. The van der Waals surface area contributed by atoms with E-state index in [2.05, 4.69) is 18.4 Å². The molecule has 2 heteroatoms. The van der Waals surface area contributed by atoms with Gasteiger partial charge in [0.25, 0.3) is 0 Å². The summed E-state index contributed by atoms with van der Waals surface area (Å²) in [5.41, 5.74) is 0. The highest BCUT2D eigenvalue weighted by Crippen LogP contribution is 2.22. The second-order valence-corrected chi connectivity index (χ2v) is 4.27. The summed E-state index contributed by atoms with van der Waals surface area (Å²) in [6, 6.07) is 0.855. The number of Topliss-reactive ketones (excluding diaryl/α,β-unsaturated/α-hetero) is 1. The summed E-state index contributed by atoms with van der Waals surface area (Å²) >= 11 is 0. The fraction of sp³-hybridized carbons (Fsp3) is 0.750. The minimum Gasteiger partial charge on any atom is -0.300 e. The number of rotatable bonds is 4. The monoisotopic (exact) mass is 195 g/mol. The molecule has 2 atom stereocenters. The van der Waals surface area contributed by atoms with Crippen LogP contribution in [0.15, 0.2) is 12.7 Å². The van der Waals surface area contributed by atoms with Gasteiger partial charge >= 0.3 is 0 Å². The molecule has 1 saturated heterocycles. The van der Waals surface area contributed by atoms with Crippen molar-refractivity contribution in [1.82, 2.24) is 4.90 Å². The Kier molecular flexibility index (Phi) is 4.33. The van der Waals surface area contributed by atoms with Crippen LogP contribution in [0.25, 0.3) is 0 Å². The molecule has 1 fully saturated rings.